The van der Waals surface area contributed by atoms with Crippen LogP contribution in [0.15, 0.2) is 12.4 Å². The molecule has 2 fully saturated rings. The average molecular weight is 239 g/mol. The normalized spacial score (nSPS) is 29.2. The van der Waals surface area contributed by atoms with Gasteiger partial charge in [-0.1, -0.05) is 11.6 Å². The van der Waals surface area contributed by atoms with E-state index in [1.54, 1.807) is 12.4 Å². The summed E-state index contributed by atoms with van der Waals surface area (Å²) in [7, 11) is 0. The second-order valence-corrected chi connectivity index (χ2v) is 4.96. The summed E-state index contributed by atoms with van der Waals surface area (Å²) in [6, 6.07) is 0.620. The SMILES string of the molecule is Clc1cncc(N2C[C@@H]3CCCN[C@@H]3C2)n1. The average Bonchev–Trinajstić information content (AvgIpc) is 2.72. The van der Waals surface area contributed by atoms with Crippen LogP contribution in [0.5, 0.6) is 0 Å². The van der Waals surface area contributed by atoms with Crippen LogP contribution >= 0.6 is 11.6 Å². The van der Waals surface area contributed by atoms with E-state index in [2.05, 4.69) is 20.2 Å². The van der Waals surface area contributed by atoms with E-state index < -0.39 is 0 Å². The molecule has 16 heavy (non-hydrogen) atoms. The molecule has 0 amide bonds. The molecule has 1 aromatic heterocycles. The van der Waals surface area contributed by atoms with Gasteiger partial charge in [-0.05, 0) is 25.3 Å². The van der Waals surface area contributed by atoms with Crippen molar-refractivity contribution in [2.24, 2.45) is 5.92 Å². The van der Waals surface area contributed by atoms with Crippen LogP contribution in [0.1, 0.15) is 12.8 Å². The highest BCUT2D eigenvalue weighted by atomic mass is 35.5. The van der Waals surface area contributed by atoms with Crippen molar-refractivity contribution in [1.82, 2.24) is 15.3 Å². The fourth-order valence-electron chi connectivity index (χ4n) is 2.72. The molecule has 0 bridgehead atoms. The quantitative estimate of drug-likeness (QED) is 0.801. The molecule has 86 valence electrons. The van der Waals surface area contributed by atoms with Gasteiger partial charge in [-0.2, -0.15) is 0 Å². The van der Waals surface area contributed by atoms with E-state index in [1.807, 2.05) is 0 Å². The summed E-state index contributed by atoms with van der Waals surface area (Å²) in [4.78, 5) is 10.7. The first kappa shape index (κ1) is 10.3. The molecule has 3 rings (SSSR count). The number of hydrogen-bond donors (Lipinski definition) is 1. The first-order valence-electron chi connectivity index (χ1n) is 5.79. The lowest BCUT2D eigenvalue weighted by atomic mass is 9.94. The van der Waals surface area contributed by atoms with Crippen LogP contribution < -0.4 is 10.2 Å². The Balaban J connectivity index is 1.77. The van der Waals surface area contributed by atoms with Gasteiger partial charge in [0, 0.05) is 19.1 Å². The van der Waals surface area contributed by atoms with E-state index in [0.717, 1.165) is 31.4 Å². The number of rotatable bonds is 1. The van der Waals surface area contributed by atoms with Crippen molar-refractivity contribution in [3.63, 3.8) is 0 Å². The highest BCUT2D eigenvalue weighted by Gasteiger charge is 2.34. The fraction of sp³-hybridized carbons (Fsp3) is 0.636. The van der Waals surface area contributed by atoms with Crippen molar-refractivity contribution in [2.75, 3.05) is 24.5 Å². The smallest absolute Gasteiger partial charge is 0.149 e. The standard InChI is InChI=1S/C11H15ClN4/c12-10-4-13-5-11(15-10)16-6-8-2-1-3-14-9(8)7-16/h4-5,8-9,14H,1-3,6-7H2/t8-,9+/m0/s1. The lowest BCUT2D eigenvalue weighted by Gasteiger charge is -2.24. The summed E-state index contributed by atoms with van der Waals surface area (Å²) in [5, 5.41) is 4.05. The highest BCUT2D eigenvalue weighted by molar-refractivity contribution is 6.29. The molecular formula is C11H15ClN4. The Kier molecular flexibility index (Phi) is 2.69. The van der Waals surface area contributed by atoms with Gasteiger partial charge >= 0.3 is 0 Å². The molecule has 2 aliphatic rings. The van der Waals surface area contributed by atoms with Crippen molar-refractivity contribution >= 4 is 17.4 Å². The zero-order chi connectivity index (χ0) is 11.0. The Morgan fingerprint density at radius 2 is 2.31 bits per heavy atom. The van der Waals surface area contributed by atoms with Crippen LogP contribution in [0.2, 0.25) is 5.15 Å². The van der Waals surface area contributed by atoms with E-state index in [4.69, 9.17) is 11.6 Å². The minimum absolute atomic E-state index is 0.473. The predicted octanol–water partition coefficient (Wildman–Crippen LogP) is 1.32. The molecular weight excluding hydrogens is 224 g/mol. The summed E-state index contributed by atoms with van der Waals surface area (Å²) < 4.78 is 0. The lowest BCUT2D eigenvalue weighted by Crippen LogP contribution is -2.40. The van der Waals surface area contributed by atoms with Gasteiger partial charge in [0.05, 0.1) is 12.4 Å². The zero-order valence-electron chi connectivity index (χ0n) is 9.06. The molecule has 2 saturated heterocycles. The molecule has 0 aromatic carbocycles. The Morgan fingerprint density at radius 3 is 3.12 bits per heavy atom. The monoisotopic (exact) mass is 238 g/mol. The number of aromatic nitrogens is 2. The van der Waals surface area contributed by atoms with Gasteiger partial charge in [0.2, 0.25) is 0 Å². The van der Waals surface area contributed by atoms with Crippen LogP contribution in [-0.4, -0.2) is 35.6 Å². The second-order valence-electron chi connectivity index (χ2n) is 4.57. The van der Waals surface area contributed by atoms with Gasteiger partial charge in [-0.3, -0.25) is 4.98 Å². The number of fused-ring (bicyclic) bond motifs is 1. The summed E-state index contributed by atoms with van der Waals surface area (Å²) in [5.74, 6) is 1.67. The number of nitrogens with zero attached hydrogens (tertiary/aromatic N) is 3. The fourth-order valence-corrected chi connectivity index (χ4v) is 2.86. The summed E-state index contributed by atoms with van der Waals surface area (Å²) >= 11 is 5.86. The maximum atomic E-state index is 5.86. The molecule has 1 aromatic rings. The molecule has 0 unspecified atom stereocenters. The van der Waals surface area contributed by atoms with Crippen molar-refractivity contribution in [3.05, 3.63) is 17.5 Å². The van der Waals surface area contributed by atoms with Crippen LogP contribution in [-0.2, 0) is 0 Å². The first-order chi connectivity index (χ1) is 7.83. The predicted molar refractivity (Wildman–Crippen MR) is 63.8 cm³/mol. The number of piperidine rings is 1. The van der Waals surface area contributed by atoms with Crippen molar-refractivity contribution in [2.45, 2.75) is 18.9 Å². The van der Waals surface area contributed by atoms with Gasteiger partial charge in [-0.15, -0.1) is 0 Å². The van der Waals surface area contributed by atoms with E-state index in [1.165, 1.54) is 12.8 Å². The Morgan fingerprint density at radius 1 is 1.38 bits per heavy atom. The largest absolute Gasteiger partial charge is 0.353 e. The zero-order valence-corrected chi connectivity index (χ0v) is 9.82. The van der Waals surface area contributed by atoms with E-state index in [0.29, 0.717) is 11.2 Å². The van der Waals surface area contributed by atoms with Crippen molar-refractivity contribution < 1.29 is 0 Å². The summed E-state index contributed by atoms with van der Waals surface area (Å²) in [6.45, 7) is 3.25. The van der Waals surface area contributed by atoms with Crippen LogP contribution in [0.4, 0.5) is 5.82 Å². The van der Waals surface area contributed by atoms with Gasteiger partial charge in [0.15, 0.2) is 0 Å². The van der Waals surface area contributed by atoms with Crippen molar-refractivity contribution in [3.8, 4) is 0 Å². The second kappa shape index (κ2) is 4.18. The third-order valence-electron chi connectivity index (χ3n) is 3.52. The van der Waals surface area contributed by atoms with E-state index >= 15 is 0 Å². The molecule has 0 aliphatic carbocycles. The molecule has 5 heteroatoms. The molecule has 3 heterocycles. The Labute approximate surface area is 100 Å². The highest BCUT2D eigenvalue weighted by Crippen LogP contribution is 2.28. The summed E-state index contributed by atoms with van der Waals surface area (Å²) in [6.07, 6.45) is 5.98. The molecule has 4 nitrogen and oxygen atoms in total. The van der Waals surface area contributed by atoms with E-state index in [-0.39, 0.29) is 0 Å². The first-order valence-corrected chi connectivity index (χ1v) is 6.16. The van der Waals surface area contributed by atoms with Crippen LogP contribution in [0, 0.1) is 5.92 Å². The lowest BCUT2D eigenvalue weighted by molar-refractivity contribution is 0.340. The van der Waals surface area contributed by atoms with Gasteiger partial charge in [-0.25, -0.2) is 4.98 Å². The van der Waals surface area contributed by atoms with Gasteiger partial charge in [0.1, 0.15) is 11.0 Å². The van der Waals surface area contributed by atoms with Crippen LogP contribution in [0.3, 0.4) is 0 Å². The topological polar surface area (TPSA) is 41.1 Å². The molecule has 1 N–H and O–H groups in total. The molecule has 0 spiro atoms. The number of anilines is 1. The molecule has 0 saturated carbocycles. The Bertz CT molecular complexity index is 370. The van der Waals surface area contributed by atoms with Crippen LogP contribution in [0.25, 0.3) is 0 Å². The minimum Gasteiger partial charge on any atom is -0.353 e. The summed E-state index contributed by atoms with van der Waals surface area (Å²) in [5.41, 5.74) is 0. The maximum absolute atomic E-state index is 5.86. The number of halogens is 1. The number of nitrogens with one attached hydrogen (secondary N) is 1. The van der Waals surface area contributed by atoms with Gasteiger partial charge < -0.3 is 10.2 Å². The Hall–Kier alpha value is -0.870. The third-order valence-corrected chi connectivity index (χ3v) is 3.70. The molecule has 0 radical (unpaired) electrons. The minimum atomic E-state index is 0.473. The van der Waals surface area contributed by atoms with Gasteiger partial charge in [0.25, 0.3) is 0 Å². The molecule has 2 aliphatic heterocycles. The molecule has 2 atom stereocenters. The van der Waals surface area contributed by atoms with Crippen molar-refractivity contribution in [1.29, 1.82) is 0 Å². The maximum Gasteiger partial charge on any atom is 0.149 e. The van der Waals surface area contributed by atoms with E-state index in [9.17, 15) is 0 Å². The third kappa shape index (κ3) is 1.87. The number of hydrogen-bond acceptors (Lipinski definition) is 4.